The van der Waals surface area contributed by atoms with Crippen LogP contribution in [0.2, 0.25) is 0 Å². The molecular weight excluding hydrogens is 192 g/mol. The minimum atomic E-state index is -0.428. The summed E-state index contributed by atoms with van der Waals surface area (Å²) in [5.41, 5.74) is 1.97. The van der Waals surface area contributed by atoms with E-state index >= 15 is 0 Å². The summed E-state index contributed by atoms with van der Waals surface area (Å²) < 4.78 is 10.3. The Labute approximate surface area is 90.6 Å². The number of methoxy groups -OCH3 is 2. The van der Waals surface area contributed by atoms with E-state index < -0.39 is 6.10 Å². The lowest BCUT2D eigenvalue weighted by molar-refractivity contribution is 0.0274. The Morgan fingerprint density at radius 1 is 1.13 bits per heavy atom. The van der Waals surface area contributed by atoms with Crippen molar-refractivity contribution in [3.05, 3.63) is 35.4 Å². The summed E-state index contributed by atoms with van der Waals surface area (Å²) in [6.45, 7) is 2.28. The first kappa shape index (κ1) is 12.2. The van der Waals surface area contributed by atoms with Crippen molar-refractivity contribution in [2.75, 3.05) is 20.8 Å². The largest absolute Gasteiger partial charge is 0.389 e. The van der Waals surface area contributed by atoms with Gasteiger partial charge in [0.25, 0.3) is 0 Å². The van der Waals surface area contributed by atoms with Crippen LogP contribution < -0.4 is 0 Å². The zero-order valence-electron chi connectivity index (χ0n) is 9.43. The molecule has 0 unspecified atom stereocenters. The number of hydrogen-bond acceptors (Lipinski definition) is 3. The molecule has 1 aromatic carbocycles. The molecule has 0 saturated carbocycles. The van der Waals surface area contributed by atoms with Gasteiger partial charge in [-0.2, -0.15) is 0 Å². The van der Waals surface area contributed by atoms with Crippen molar-refractivity contribution >= 4 is 0 Å². The first-order valence-corrected chi connectivity index (χ1v) is 4.98. The standard InChI is InChI=1S/C12H18O3/c1-9(13)10-4-6-11(7-5-10)12(15-3)8-14-2/h4-7,9,12-13H,8H2,1-3H3/t9-,12-/m0/s1. The molecule has 15 heavy (non-hydrogen) atoms. The topological polar surface area (TPSA) is 38.7 Å². The Hall–Kier alpha value is -0.900. The van der Waals surface area contributed by atoms with E-state index in [0.29, 0.717) is 6.61 Å². The monoisotopic (exact) mass is 210 g/mol. The fourth-order valence-electron chi connectivity index (χ4n) is 1.44. The van der Waals surface area contributed by atoms with E-state index in [1.807, 2.05) is 24.3 Å². The van der Waals surface area contributed by atoms with E-state index in [0.717, 1.165) is 11.1 Å². The van der Waals surface area contributed by atoms with Crippen molar-refractivity contribution in [2.45, 2.75) is 19.1 Å². The van der Waals surface area contributed by atoms with Crippen LogP contribution >= 0.6 is 0 Å². The van der Waals surface area contributed by atoms with Crippen molar-refractivity contribution in [2.24, 2.45) is 0 Å². The van der Waals surface area contributed by atoms with Gasteiger partial charge in [-0.1, -0.05) is 24.3 Å². The number of hydrogen-bond donors (Lipinski definition) is 1. The average Bonchev–Trinajstić information content (AvgIpc) is 2.26. The van der Waals surface area contributed by atoms with Crippen LogP contribution in [-0.4, -0.2) is 25.9 Å². The predicted molar refractivity (Wildman–Crippen MR) is 58.7 cm³/mol. The fraction of sp³-hybridized carbons (Fsp3) is 0.500. The zero-order valence-corrected chi connectivity index (χ0v) is 9.43. The lowest BCUT2D eigenvalue weighted by Crippen LogP contribution is -2.08. The molecule has 1 aromatic rings. The summed E-state index contributed by atoms with van der Waals surface area (Å²) >= 11 is 0. The normalized spacial score (nSPS) is 14.9. The third-order valence-electron chi connectivity index (χ3n) is 2.39. The first-order chi connectivity index (χ1) is 7.19. The van der Waals surface area contributed by atoms with Gasteiger partial charge >= 0.3 is 0 Å². The SMILES string of the molecule is COC[C@H](OC)c1ccc([C@H](C)O)cc1. The van der Waals surface area contributed by atoms with Crippen LogP contribution in [0.5, 0.6) is 0 Å². The predicted octanol–water partition coefficient (Wildman–Crippen LogP) is 2.07. The molecule has 3 nitrogen and oxygen atoms in total. The third kappa shape index (κ3) is 3.30. The maximum absolute atomic E-state index is 9.36. The van der Waals surface area contributed by atoms with E-state index in [1.165, 1.54) is 0 Å². The summed E-state index contributed by atoms with van der Waals surface area (Å²) in [5.74, 6) is 0. The van der Waals surface area contributed by atoms with Crippen molar-refractivity contribution in [3.63, 3.8) is 0 Å². The minimum absolute atomic E-state index is 0.0435. The van der Waals surface area contributed by atoms with Crippen LogP contribution in [0.1, 0.15) is 30.3 Å². The van der Waals surface area contributed by atoms with Crippen molar-refractivity contribution < 1.29 is 14.6 Å². The highest BCUT2D eigenvalue weighted by Gasteiger charge is 2.10. The second-order valence-corrected chi connectivity index (χ2v) is 3.52. The molecule has 0 aliphatic heterocycles. The van der Waals surface area contributed by atoms with Gasteiger partial charge in [0, 0.05) is 14.2 Å². The second kappa shape index (κ2) is 5.85. The average molecular weight is 210 g/mol. The van der Waals surface area contributed by atoms with Gasteiger partial charge in [0.05, 0.1) is 12.7 Å². The number of benzene rings is 1. The number of aliphatic hydroxyl groups excluding tert-OH is 1. The summed E-state index contributed by atoms with van der Waals surface area (Å²) in [4.78, 5) is 0. The molecule has 3 heteroatoms. The quantitative estimate of drug-likeness (QED) is 0.808. The number of aliphatic hydroxyl groups is 1. The highest BCUT2D eigenvalue weighted by molar-refractivity contribution is 5.25. The lowest BCUT2D eigenvalue weighted by Gasteiger charge is -2.15. The van der Waals surface area contributed by atoms with Gasteiger partial charge in [-0.25, -0.2) is 0 Å². The van der Waals surface area contributed by atoms with Crippen LogP contribution in [0.3, 0.4) is 0 Å². The van der Waals surface area contributed by atoms with Gasteiger partial charge in [0.1, 0.15) is 6.10 Å². The van der Waals surface area contributed by atoms with Crippen molar-refractivity contribution in [1.82, 2.24) is 0 Å². The Morgan fingerprint density at radius 3 is 2.07 bits per heavy atom. The van der Waals surface area contributed by atoms with E-state index in [-0.39, 0.29) is 6.10 Å². The Bertz CT molecular complexity index is 279. The maximum atomic E-state index is 9.36. The van der Waals surface area contributed by atoms with Gasteiger partial charge in [0.15, 0.2) is 0 Å². The van der Waals surface area contributed by atoms with Gasteiger partial charge in [0.2, 0.25) is 0 Å². The first-order valence-electron chi connectivity index (χ1n) is 4.98. The van der Waals surface area contributed by atoms with Crippen molar-refractivity contribution in [3.8, 4) is 0 Å². The van der Waals surface area contributed by atoms with Crippen LogP contribution in [0, 0.1) is 0 Å². The number of ether oxygens (including phenoxy) is 2. The van der Waals surface area contributed by atoms with Crippen LogP contribution in [0.15, 0.2) is 24.3 Å². The third-order valence-corrected chi connectivity index (χ3v) is 2.39. The van der Waals surface area contributed by atoms with Crippen molar-refractivity contribution in [1.29, 1.82) is 0 Å². The van der Waals surface area contributed by atoms with E-state index in [9.17, 15) is 5.11 Å². The smallest absolute Gasteiger partial charge is 0.105 e. The summed E-state index contributed by atoms with van der Waals surface area (Å²) in [6.07, 6.45) is -0.472. The molecular formula is C12H18O3. The Kier molecular flexibility index (Phi) is 4.75. The molecule has 1 rings (SSSR count). The summed E-state index contributed by atoms with van der Waals surface area (Å²) in [7, 11) is 3.31. The minimum Gasteiger partial charge on any atom is -0.389 e. The maximum Gasteiger partial charge on any atom is 0.105 e. The van der Waals surface area contributed by atoms with Crippen LogP contribution in [-0.2, 0) is 9.47 Å². The summed E-state index contributed by atoms with van der Waals surface area (Å²) in [6, 6.07) is 7.72. The highest BCUT2D eigenvalue weighted by Crippen LogP contribution is 2.19. The second-order valence-electron chi connectivity index (χ2n) is 3.52. The molecule has 0 spiro atoms. The molecule has 0 bridgehead atoms. The highest BCUT2D eigenvalue weighted by atomic mass is 16.5. The number of rotatable bonds is 5. The molecule has 0 aliphatic rings. The zero-order chi connectivity index (χ0) is 11.3. The fourth-order valence-corrected chi connectivity index (χ4v) is 1.44. The van der Waals surface area contributed by atoms with Crippen LogP contribution in [0.4, 0.5) is 0 Å². The molecule has 0 radical (unpaired) electrons. The van der Waals surface area contributed by atoms with Crippen LogP contribution in [0.25, 0.3) is 0 Å². The molecule has 0 fully saturated rings. The van der Waals surface area contributed by atoms with E-state index in [2.05, 4.69) is 0 Å². The van der Waals surface area contributed by atoms with Gasteiger partial charge in [-0.05, 0) is 18.1 Å². The van der Waals surface area contributed by atoms with Gasteiger partial charge < -0.3 is 14.6 Å². The Morgan fingerprint density at radius 2 is 1.67 bits per heavy atom. The molecule has 0 aliphatic carbocycles. The summed E-state index contributed by atoms with van der Waals surface area (Å²) in [5, 5.41) is 9.36. The molecule has 0 saturated heterocycles. The Balaban J connectivity index is 2.77. The molecule has 84 valence electrons. The molecule has 0 aromatic heterocycles. The van der Waals surface area contributed by atoms with Gasteiger partial charge in [-0.3, -0.25) is 0 Å². The van der Waals surface area contributed by atoms with Gasteiger partial charge in [-0.15, -0.1) is 0 Å². The lowest BCUT2D eigenvalue weighted by atomic mass is 10.0. The molecule has 0 heterocycles. The van der Waals surface area contributed by atoms with E-state index in [4.69, 9.17) is 9.47 Å². The van der Waals surface area contributed by atoms with E-state index in [1.54, 1.807) is 21.1 Å². The molecule has 2 atom stereocenters. The molecule has 1 N–H and O–H groups in total. The molecule has 0 amide bonds.